The topological polar surface area (TPSA) is 41.5 Å². The van der Waals surface area contributed by atoms with Gasteiger partial charge in [-0.2, -0.15) is 5.10 Å². The summed E-state index contributed by atoms with van der Waals surface area (Å²) in [6.45, 7) is 3.93. The van der Waals surface area contributed by atoms with Crippen molar-refractivity contribution in [3.63, 3.8) is 0 Å². The number of benzene rings is 3. The Morgan fingerprint density at radius 1 is 1.04 bits per heavy atom. The van der Waals surface area contributed by atoms with Crippen LogP contribution >= 0.6 is 11.8 Å². The Morgan fingerprint density at radius 3 is 2.56 bits per heavy atom. The molecule has 1 atom stereocenters. The average molecular weight is 348 g/mol. The molecule has 3 nitrogen and oxygen atoms in total. The molecule has 3 aromatic carbocycles. The van der Waals surface area contributed by atoms with Gasteiger partial charge in [0.05, 0.1) is 11.5 Å². The van der Waals surface area contributed by atoms with Gasteiger partial charge in [0.25, 0.3) is 5.91 Å². The Kier molecular flexibility index (Phi) is 5.51. The number of amides is 1. The van der Waals surface area contributed by atoms with Gasteiger partial charge in [0.15, 0.2) is 0 Å². The number of rotatable bonds is 5. The van der Waals surface area contributed by atoms with E-state index in [1.54, 1.807) is 6.21 Å². The standard InChI is InChI=1S/C21H20N2OS/c1-15-10-12-19(13-11-15)25-16(2)21(24)23-22-14-18-8-5-7-17-6-3-4-9-20(17)18/h3-14,16H,1-2H3,(H,23,24)/b22-14-/t16-/m0/s1. The van der Waals surface area contributed by atoms with Crippen LogP contribution in [0.3, 0.4) is 0 Å². The molecule has 3 aromatic rings. The molecule has 0 aliphatic heterocycles. The van der Waals surface area contributed by atoms with Gasteiger partial charge in [0.2, 0.25) is 0 Å². The third-order valence-corrected chi connectivity index (χ3v) is 5.02. The van der Waals surface area contributed by atoms with Crippen molar-refractivity contribution < 1.29 is 4.79 Å². The zero-order valence-corrected chi connectivity index (χ0v) is 15.1. The highest BCUT2D eigenvalue weighted by molar-refractivity contribution is 8.00. The molecule has 0 bridgehead atoms. The van der Waals surface area contributed by atoms with Crippen molar-refractivity contribution in [2.75, 3.05) is 0 Å². The molecular formula is C21H20N2OS. The van der Waals surface area contributed by atoms with Crippen molar-refractivity contribution in [1.29, 1.82) is 0 Å². The summed E-state index contributed by atoms with van der Waals surface area (Å²) in [6.07, 6.45) is 1.70. The van der Waals surface area contributed by atoms with Crippen LogP contribution in [0, 0.1) is 6.92 Å². The van der Waals surface area contributed by atoms with Crippen LogP contribution in [0.15, 0.2) is 76.7 Å². The number of hydrazone groups is 1. The van der Waals surface area contributed by atoms with Crippen LogP contribution < -0.4 is 5.43 Å². The van der Waals surface area contributed by atoms with E-state index in [0.717, 1.165) is 21.2 Å². The van der Waals surface area contributed by atoms with E-state index in [9.17, 15) is 4.79 Å². The largest absolute Gasteiger partial charge is 0.272 e. The van der Waals surface area contributed by atoms with Crippen LogP contribution in [0.4, 0.5) is 0 Å². The predicted octanol–water partition coefficient (Wildman–Crippen LogP) is 4.78. The Hall–Kier alpha value is -2.59. The minimum absolute atomic E-state index is 0.109. The summed E-state index contributed by atoms with van der Waals surface area (Å²) >= 11 is 1.52. The molecule has 0 aromatic heterocycles. The lowest BCUT2D eigenvalue weighted by molar-refractivity contribution is -0.120. The van der Waals surface area contributed by atoms with Crippen molar-refractivity contribution in [3.05, 3.63) is 77.9 Å². The maximum Gasteiger partial charge on any atom is 0.253 e. The van der Waals surface area contributed by atoms with E-state index < -0.39 is 0 Å². The minimum Gasteiger partial charge on any atom is -0.272 e. The summed E-state index contributed by atoms with van der Waals surface area (Å²) in [7, 11) is 0. The zero-order chi connectivity index (χ0) is 17.6. The highest BCUT2D eigenvalue weighted by atomic mass is 32.2. The van der Waals surface area contributed by atoms with Crippen molar-refractivity contribution in [1.82, 2.24) is 5.43 Å². The van der Waals surface area contributed by atoms with E-state index in [-0.39, 0.29) is 11.2 Å². The van der Waals surface area contributed by atoms with Crippen molar-refractivity contribution in [2.24, 2.45) is 5.10 Å². The van der Waals surface area contributed by atoms with E-state index in [1.165, 1.54) is 17.3 Å². The summed E-state index contributed by atoms with van der Waals surface area (Å²) in [5.41, 5.74) is 4.83. The molecule has 4 heteroatoms. The SMILES string of the molecule is Cc1ccc(S[C@@H](C)C(=O)N/N=C\c2cccc3ccccc23)cc1. The molecule has 1 N–H and O–H groups in total. The van der Waals surface area contributed by atoms with Crippen molar-refractivity contribution in [2.45, 2.75) is 24.0 Å². The molecule has 0 aliphatic carbocycles. The lowest BCUT2D eigenvalue weighted by atomic mass is 10.1. The molecule has 3 rings (SSSR count). The molecule has 0 fully saturated rings. The number of nitrogens with zero attached hydrogens (tertiary/aromatic N) is 1. The maximum absolute atomic E-state index is 12.2. The fraction of sp³-hybridized carbons (Fsp3) is 0.143. The van der Waals surface area contributed by atoms with Crippen LogP contribution in [0.25, 0.3) is 10.8 Å². The third-order valence-electron chi connectivity index (χ3n) is 3.90. The number of aryl methyl sites for hydroxylation is 1. The summed E-state index contributed by atoms with van der Waals surface area (Å²) in [5, 5.41) is 6.18. The average Bonchev–Trinajstić information content (AvgIpc) is 2.63. The van der Waals surface area contributed by atoms with E-state index in [1.807, 2.05) is 68.4 Å². The van der Waals surface area contributed by atoms with Gasteiger partial charge in [-0.1, -0.05) is 60.2 Å². The van der Waals surface area contributed by atoms with Crippen LogP contribution in [-0.2, 0) is 4.79 Å². The minimum atomic E-state index is -0.215. The predicted molar refractivity (Wildman–Crippen MR) is 106 cm³/mol. The summed E-state index contributed by atoms with van der Waals surface area (Å²) in [4.78, 5) is 13.3. The van der Waals surface area contributed by atoms with E-state index in [0.29, 0.717) is 0 Å². The monoisotopic (exact) mass is 348 g/mol. The highest BCUT2D eigenvalue weighted by Gasteiger charge is 2.13. The third kappa shape index (κ3) is 4.48. The fourth-order valence-corrected chi connectivity index (χ4v) is 3.36. The lowest BCUT2D eigenvalue weighted by Crippen LogP contribution is -2.26. The molecule has 0 saturated carbocycles. The number of carbonyl (C=O) groups is 1. The quantitative estimate of drug-likeness (QED) is 0.409. The Labute approximate surface area is 152 Å². The highest BCUT2D eigenvalue weighted by Crippen LogP contribution is 2.23. The van der Waals surface area contributed by atoms with E-state index in [4.69, 9.17) is 0 Å². The smallest absolute Gasteiger partial charge is 0.253 e. The molecule has 0 heterocycles. The molecule has 25 heavy (non-hydrogen) atoms. The van der Waals surface area contributed by atoms with Gasteiger partial charge in [-0.15, -0.1) is 11.8 Å². The first-order valence-electron chi connectivity index (χ1n) is 8.17. The van der Waals surface area contributed by atoms with E-state index >= 15 is 0 Å². The number of fused-ring (bicyclic) bond motifs is 1. The maximum atomic E-state index is 12.2. The van der Waals surface area contributed by atoms with Crippen LogP contribution in [0.5, 0.6) is 0 Å². The van der Waals surface area contributed by atoms with Crippen molar-refractivity contribution >= 4 is 34.7 Å². The van der Waals surface area contributed by atoms with Gasteiger partial charge < -0.3 is 0 Å². The summed E-state index contributed by atoms with van der Waals surface area (Å²) in [6, 6.07) is 22.3. The second kappa shape index (κ2) is 7.99. The second-order valence-electron chi connectivity index (χ2n) is 5.88. The molecule has 1 amide bonds. The Balaban J connectivity index is 1.62. The van der Waals surface area contributed by atoms with Gasteiger partial charge in [-0.05, 0) is 36.8 Å². The van der Waals surface area contributed by atoms with E-state index in [2.05, 4.69) is 22.7 Å². The number of hydrogen-bond donors (Lipinski definition) is 1. The number of carbonyl (C=O) groups excluding carboxylic acids is 1. The summed E-state index contributed by atoms with van der Waals surface area (Å²) in [5.74, 6) is -0.109. The van der Waals surface area contributed by atoms with Gasteiger partial charge in [0, 0.05) is 10.5 Å². The zero-order valence-electron chi connectivity index (χ0n) is 14.3. The molecular weight excluding hydrogens is 328 g/mol. The second-order valence-corrected chi connectivity index (χ2v) is 7.29. The molecule has 126 valence electrons. The number of nitrogens with one attached hydrogen (secondary N) is 1. The summed E-state index contributed by atoms with van der Waals surface area (Å²) < 4.78 is 0. The Morgan fingerprint density at radius 2 is 1.76 bits per heavy atom. The fourth-order valence-electron chi connectivity index (χ4n) is 2.49. The molecule has 0 saturated heterocycles. The molecule has 0 radical (unpaired) electrons. The van der Waals surface area contributed by atoms with Crippen molar-refractivity contribution in [3.8, 4) is 0 Å². The van der Waals surface area contributed by atoms with Crippen LogP contribution in [0.2, 0.25) is 0 Å². The normalized spacial score (nSPS) is 12.4. The first-order valence-corrected chi connectivity index (χ1v) is 9.05. The molecule has 0 spiro atoms. The Bertz CT molecular complexity index is 898. The van der Waals surface area contributed by atoms with Gasteiger partial charge >= 0.3 is 0 Å². The first-order chi connectivity index (χ1) is 12.1. The molecule has 0 unspecified atom stereocenters. The van der Waals surface area contributed by atoms with Crippen LogP contribution in [-0.4, -0.2) is 17.4 Å². The first kappa shape index (κ1) is 17.2. The number of thioether (sulfide) groups is 1. The lowest BCUT2D eigenvalue weighted by Gasteiger charge is -2.09. The van der Waals surface area contributed by atoms with Gasteiger partial charge in [-0.25, -0.2) is 5.43 Å². The molecule has 0 aliphatic rings. The van der Waals surface area contributed by atoms with Gasteiger partial charge in [-0.3, -0.25) is 4.79 Å². The number of hydrogen-bond acceptors (Lipinski definition) is 3. The van der Waals surface area contributed by atoms with Gasteiger partial charge in [0.1, 0.15) is 0 Å². The van der Waals surface area contributed by atoms with Crippen LogP contribution in [0.1, 0.15) is 18.1 Å².